The molecule has 0 fully saturated rings. The van der Waals surface area contributed by atoms with Gasteiger partial charge in [-0.3, -0.25) is 0 Å². The van der Waals surface area contributed by atoms with Crippen LogP contribution in [0, 0.1) is 6.92 Å². The zero-order valence-corrected chi connectivity index (χ0v) is 10.5. The number of aryl methyl sites for hydroxylation is 1. The average molecular weight is 237 g/mol. The highest BCUT2D eigenvalue weighted by atomic mass is 16.4. The van der Waals surface area contributed by atoms with E-state index in [1.165, 1.54) is 0 Å². The molecule has 0 aliphatic rings. The van der Waals surface area contributed by atoms with Crippen molar-refractivity contribution in [1.29, 1.82) is 0 Å². The van der Waals surface area contributed by atoms with Gasteiger partial charge in [-0.25, -0.2) is 4.79 Å². The number of rotatable bonds is 5. The molecule has 94 valence electrons. The van der Waals surface area contributed by atoms with Crippen LogP contribution in [-0.4, -0.2) is 35.9 Å². The van der Waals surface area contributed by atoms with Gasteiger partial charge >= 0.3 is 5.97 Å². The van der Waals surface area contributed by atoms with Gasteiger partial charge in [0.1, 0.15) is 0 Å². The normalized spacial score (nSPS) is 12.2. The fraction of sp³-hybridized carbons (Fsp3) is 0.462. The molecule has 0 spiro atoms. The van der Waals surface area contributed by atoms with Gasteiger partial charge in [-0.05, 0) is 44.0 Å². The molecule has 17 heavy (non-hydrogen) atoms. The molecule has 4 heteroatoms. The number of hydrogen-bond acceptors (Lipinski definition) is 3. The van der Waals surface area contributed by atoms with Gasteiger partial charge in [0.15, 0.2) is 0 Å². The smallest absolute Gasteiger partial charge is 0.335 e. The van der Waals surface area contributed by atoms with Crippen LogP contribution < -0.4 is 4.90 Å². The molecule has 1 aromatic rings. The molecule has 0 radical (unpaired) electrons. The van der Waals surface area contributed by atoms with Crippen LogP contribution in [0.25, 0.3) is 0 Å². The third-order valence-corrected chi connectivity index (χ3v) is 2.74. The number of carboxylic acid groups (broad SMARTS) is 1. The third-order valence-electron chi connectivity index (χ3n) is 2.74. The van der Waals surface area contributed by atoms with E-state index in [-0.39, 0.29) is 6.10 Å². The first-order chi connectivity index (χ1) is 7.91. The molecule has 0 saturated carbocycles. The Morgan fingerprint density at radius 1 is 1.47 bits per heavy atom. The molecule has 0 aromatic heterocycles. The molecule has 0 heterocycles. The topological polar surface area (TPSA) is 60.8 Å². The molecular formula is C13H19NO3. The van der Waals surface area contributed by atoms with E-state index >= 15 is 0 Å². The number of anilines is 1. The van der Waals surface area contributed by atoms with Crippen LogP contribution in [0.15, 0.2) is 18.2 Å². The SMILES string of the molecule is Cc1cc(C(=O)O)ccc1N(C)CCC(C)O. The molecule has 4 nitrogen and oxygen atoms in total. The van der Waals surface area contributed by atoms with Crippen molar-refractivity contribution < 1.29 is 15.0 Å². The molecule has 2 N–H and O–H groups in total. The summed E-state index contributed by atoms with van der Waals surface area (Å²) in [4.78, 5) is 12.8. The Labute approximate surface area is 101 Å². The van der Waals surface area contributed by atoms with Crippen LogP contribution in [0.5, 0.6) is 0 Å². The second-order valence-electron chi connectivity index (χ2n) is 4.37. The Morgan fingerprint density at radius 2 is 2.12 bits per heavy atom. The molecule has 0 amide bonds. The minimum Gasteiger partial charge on any atom is -0.478 e. The highest BCUT2D eigenvalue weighted by Crippen LogP contribution is 2.20. The van der Waals surface area contributed by atoms with Gasteiger partial charge in [0.25, 0.3) is 0 Å². The first-order valence-electron chi connectivity index (χ1n) is 5.65. The van der Waals surface area contributed by atoms with Crippen LogP contribution in [0.2, 0.25) is 0 Å². The van der Waals surface area contributed by atoms with Crippen molar-refractivity contribution in [2.24, 2.45) is 0 Å². The van der Waals surface area contributed by atoms with Crippen molar-refractivity contribution in [1.82, 2.24) is 0 Å². The van der Waals surface area contributed by atoms with Crippen molar-refractivity contribution in [3.05, 3.63) is 29.3 Å². The van der Waals surface area contributed by atoms with Crippen LogP contribution in [0.3, 0.4) is 0 Å². The van der Waals surface area contributed by atoms with Crippen LogP contribution in [0.1, 0.15) is 29.3 Å². The summed E-state index contributed by atoms with van der Waals surface area (Å²) in [7, 11) is 1.94. The number of carboxylic acids is 1. The fourth-order valence-corrected chi connectivity index (χ4v) is 1.72. The highest BCUT2D eigenvalue weighted by Gasteiger charge is 2.09. The highest BCUT2D eigenvalue weighted by molar-refractivity contribution is 5.88. The van der Waals surface area contributed by atoms with Crippen molar-refractivity contribution in [2.75, 3.05) is 18.5 Å². The number of nitrogens with zero attached hydrogens (tertiary/aromatic N) is 1. The van der Waals surface area contributed by atoms with E-state index in [9.17, 15) is 9.90 Å². The van der Waals surface area contributed by atoms with E-state index in [1.54, 1.807) is 25.1 Å². The zero-order valence-electron chi connectivity index (χ0n) is 10.5. The van der Waals surface area contributed by atoms with Crippen LogP contribution in [-0.2, 0) is 0 Å². The van der Waals surface area contributed by atoms with Gasteiger partial charge in [-0.1, -0.05) is 0 Å². The van der Waals surface area contributed by atoms with Gasteiger partial charge < -0.3 is 15.1 Å². The molecule has 1 atom stereocenters. The first-order valence-corrected chi connectivity index (χ1v) is 5.65. The van der Waals surface area contributed by atoms with Gasteiger partial charge in [0.05, 0.1) is 11.7 Å². The van der Waals surface area contributed by atoms with Crippen LogP contribution >= 0.6 is 0 Å². The predicted octanol–water partition coefficient (Wildman–Crippen LogP) is 1.90. The summed E-state index contributed by atoms with van der Waals surface area (Å²) in [6.07, 6.45) is 0.368. The Bertz CT molecular complexity index is 402. The third kappa shape index (κ3) is 3.75. The maximum absolute atomic E-state index is 10.8. The molecular weight excluding hydrogens is 218 g/mol. The standard InChI is InChI=1S/C13H19NO3/c1-9-8-11(13(16)17)4-5-12(9)14(3)7-6-10(2)15/h4-5,8,10,15H,6-7H2,1-3H3,(H,16,17). The maximum atomic E-state index is 10.8. The van der Waals surface area contributed by atoms with Crippen molar-refractivity contribution in [3.8, 4) is 0 Å². The molecule has 1 unspecified atom stereocenters. The number of aliphatic hydroxyl groups excluding tert-OH is 1. The number of hydrogen-bond donors (Lipinski definition) is 2. The molecule has 1 rings (SSSR count). The summed E-state index contributed by atoms with van der Waals surface area (Å²) in [6.45, 7) is 4.39. The van der Waals surface area contributed by atoms with Crippen LogP contribution in [0.4, 0.5) is 5.69 Å². The summed E-state index contributed by atoms with van der Waals surface area (Å²) in [5, 5.41) is 18.1. The minimum absolute atomic E-state index is 0.301. The second-order valence-corrected chi connectivity index (χ2v) is 4.37. The Hall–Kier alpha value is -1.55. The van der Waals surface area contributed by atoms with Gasteiger partial charge in [0, 0.05) is 19.3 Å². The summed E-state index contributed by atoms with van der Waals surface area (Å²) in [6, 6.07) is 5.07. The lowest BCUT2D eigenvalue weighted by Crippen LogP contribution is -2.22. The number of carbonyl (C=O) groups is 1. The quantitative estimate of drug-likeness (QED) is 0.821. The van der Waals surface area contributed by atoms with Gasteiger partial charge in [-0.15, -0.1) is 0 Å². The van der Waals surface area contributed by atoms with E-state index in [0.29, 0.717) is 12.0 Å². The zero-order chi connectivity index (χ0) is 13.0. The van der Waals surface area contributed by atoms with Gasteiger partial charge in [-0.2, -0.15) is 0 Å². The van der Waals surface area contributed by atoms with Crippen molar-refractivity contribution in [2.45, 2.75) is 26.4 Å². The lowest BCUT2D eigenvalue weighted by Gasteiger charge is -2.22. The van der Waals surface area contributed by atoms with Crippen molar-refractivity contribution >= 4 is 11.7 Å². The molecule has 0 bridgehead atoms. The molecule has 1 aromatic carbocycles. The van der Waals surface area contributed by atoms with E-state index in [2.05, 4.69) is 0 Å². The molecule has 0 saturated heterocycles. The van der Waals surface area contributed by atoms with Crippen molar-refractivity contribution in [3.63, 3.8) is 0 Å². The molecule has 0 aliphatic carbocycles. The maximum Gasteiger partial charge on any atom is 0.335 e. The summed E-state index contributed by atoms with van der Waals surface area (Å²) in [5.41, 5.74) is 2.23. The van der Waals surface area contributed by atoms with E-state index in [1.807, 2.05) is 18.9 Å². The van der Waals surface area contributed by atoms with Gasteiger partial charge in [0.2, 0.25) is 0 Å². The predicted molar refractivity (Wildman–Crippen MR) is 67.7 cm³/mol. The monoisotopic (exact) mass is 237 g/mol. The molecule has 0 aliphatic heterocycles. The number of aliphatic hydroxyl groups is 1. The first kappa shape index (κ1) is 13.5. The minimum atomic E-state index is -0.911. The summed E-state index contributed by atoms with van der Waals surface area (Å²) in [5.74, 6) is -0.911. The lowest BCUT2D eigenvalue weighted by molar-refractivity contribution is 0.0697. The fourth-order valence-electron chi connectivity index (χ4n) is 1.72. The second kappa shape index (κ2) is 5.68. The van der Waals surface area contributed by atoms with E-state index in [4.69, 9.17) is 5.11 Å². The Kier molecular flexibility index (Phi) is 4.52. The summed E-state index contributed by atoms with van der Waals surface area (Å²) < 4.78 is 0. The average Bonchev–Trinajstić information content (AvgIpc) is 2.25. The summed E-state index contributed by atoms with van der Waals surface area (Å²) >= 11 is 0. The largest absolute Gasteiger partial charge is 0.478 e. The number of benzene rings is 1. The lowest BCUT2D eigenvalue weighted by atomic mass is 10.1. The Balaban J connectivity index is 2.81. The van der Waals surface area contributed by atoms with E-state index in [0.717, 1.165) is 17.8 Å². The number of aromatic carboxylic acids is 1. The Morgan fingerprint density at radius 3 is 2.59 bits per heavy atom. The van der Waals surface area contributed by atoms with E-state index < -0.39 is 5.97 Å².